The SMILES string of the molecule is C=C/C(=C(\C=C)C(C)CC)C(C)C. The van der Waals surface area contributed by atoms with Gasteiger partial charge in [0.1, 0.15) is 0 Å². The Balaban J connectivity index is 5.04. The van der Waals surface area contributed by atoms with Gasteiger partial charge in [0.2, 0.25) is 0 Å². The van der Waals surface area contributed by atoms with Gasteiger partial charge in [0.05, 0.1) is 0 Å². The molecule has 0 nitrogen and oxygen atoms in total. The van der Waals surface area contributed by atoms with Crippen molar-refractivity contribution in [2.75, 3.05) is 0 Å². The van der Waals surface area contributed by atoms with E-state index in [9.17, 15) is 0 Å². The lowest BCUT2D eigenvalue weighted by molar-refractivity contribution is 0.647. The van der Waals surface area contributed by atoms with Gasteiger partial charge in [-0.15, -0.1) is 0 Å². The summed E-state index contributed by atoms with van der Waals surface area (Å²) in [6, 6.07) is 0. The van der Waals surface area contributed by atoms with Crippen LogP contribution in [0.5, 0.6) is 0 Å². The van der Waals surface area contributed by atoms with Crippen molar-refractivity contribution in [2.45, 2.75) is 34.1 Å². The lowest BCUT2D eigenvalue weighted by atomic mass is 9.88. The fourth-order valence-corrected chi connectivity index (χ4v) is 1.51. The van der Waals surface area contributed by atoms with E-state index in [1.807, 2.05) is 12.2 Å². The number of rotatable bonds is 5. The molecule has 0 rings (SSSR count). The second kappa shape index (κ2) is 5.80. The molecule has 0 aromatic carbocycles. The van der Waals surface area contributed by atoms with E-state index >= 15 is 0 Å². The zero-order valence-corrected chi connectivity index (χ0v) is 9.43. The van der Waals surface area contributed by atoms with Gasteiger partial charge >= 0.3 is 0 Å². The zero-order valence-electron chi connectivity index (χ0n) is 9.43. The average Bonchev–Trinajstić information content (AvgIpc) is 2.12. The molecule has 0 N–H and O–H groups in total. The Kier molecular flexibility index (Phi) is 5.45. The maximum atomic E-state index is 3.88. The summed E-state index contributed by atoms with van der Waals surface area (Å²) in [5, 5.41) is 0. The van der Waals surface area contributed by atoms with Crippen molar-refractivity contribution in [2.24, 2.45) is 11.8 Å². The van der Waals surface area contributed by atoms with E-state index in [0.717, 1.165) is 6.42 Å². The Hall–Kier alpha value is -0.780. The first-order valence-corrected chi connectivity index (χ1v) is 5.07. The molecule has 0 spiro atoms. The van der Waals surface area contributed by atoms with Crippen molar-refractivity contribution in [3.63, 3.8) is 0 Å². The molecule has 1 unspecified atom stereocenters. The predicted molar refractivity (Wildman–Crippen MR) is 61.7 cm³/mol. The lowest BCUT2D eigenvalue weighted by Crippen LogP contribution is -2.03. The van der Waals surface area contributed by atoms with Gasteiger partial charge in [0, 0.05) is 0 Å². The van der Waals surface area contributed by atoms with Crippen molar-refractivity contribution in [1.29, 1.82) is 0 Å². The van der Waals surface area contributed by atoms with Gasteiger partial charge in [0.15, 0.2) is 0 Å². The number of allylic oxidation sites excluding steroid dienone is 4. The lowest BCUT2D eigenvalue weighted by Gasteiger charge is -2.17. The first kappa shape index (κ1) is 12.2. The molecule has 0 heterocycles. The summed E-state index contributed by atoms with van der Waals surface area (Å²) in [6.45, 7) is 16.6. The van der Waals surface area contributed by atoms with Gasteiger partial charge in [-0.25, -0.2) is 0 Å². The Morgan fingerprint density at radius 3 is 1.77 bits per heavy atom. The second-order valence-electron chi connectivity index (χ2n) is 3.78. The largest absolute Gasteiger partial charge is 0.0988 e. The van der Waals surface area contributed by atoms with Crippen LogP contribution in [0.25, 0.3) is 0 Å². The normalized spacial score (nSPS) is 15.2. The molecule has 0 aromatic rings. The summed E-state index contributed by atoms with van der Waals surface area (Å²) in [4.78, 5) is 0. The summed E-state index contributed by atoms with van der Waals surface area (Å²) < 4.78 is 0. The van der Waals surface area contributed by atoms with Crippen LogP contribution in [0.15, 0.2) is 36.5 Å². The minimum atomic E-state index is 0.541. The summed E-state index contributed by atoms with van der Waals surface area (Å²) >= 11 is 0. The van der Waals surface area contributed by atoms with Crippen LogP contribution in [0.3, 0.4) is 0 Å². The summed E-state index contributed by atoms with van der Waals surface area (Å²) in [6.07, 6.45) is 5.10. The third-order valence-corrected chi connectivity index (χ3v) is 2.54. The highest BCUT2D eigenvalue weighted by molar-refractivity contribution is 5.34. The minimum Gasteiger partial charge on any atom is -0.0988 e. The van der Waals surface area contributed by atoms with E-state index in [-0.39, 0.29) is 0 Å². The van der Waals surface area contributed by atoms with E-state index in [1.54, 1.807) is 0 Å². The van der Waals surface area contributed by atoms with Gasteiger partial charge in [-0.3, -0.25) is 0 Å². The van der Waals surface area contributed by atoms with Gasteiger partial charge in [0.25, 0.3) is 0 Å². The molecule has 0 bridgehead atoms. The van der Waals surface area contributed by atoms with Crippen LogP contribution in [-0.4, -0.2) is 0 Å². The summed E-state index contributed by atoms with van der Waals surface area (Å²) in [5.41, 5.74) is 2.69. The van der Waals surface area contributed by atoms with Crippen LogP contribution in [0, 0.1) is 11.8 Å². The number of hydrogen-bond acceptors (Lipinski definition) is 0. The molecule has 0 amide bonds. The monoisotopic (exact) mass is 178 g/mol. The van der Waals surface area contributed by atoms with E-state index in [4.69, 9.17) is 0 Å². The molecule has 0 fully saturated rings. The Morgan fingerprint density at radius 1 is 1.08 bits per heavy atom. The van der Waals surface area contributed by atoms with Crippen molar-refractivity contribution >= 4 is 0 Å². The van der Waals surface area contributed by atoms with E-state index in [2.05, 4.69) is 40.9 Å². The highest BCUT2D eigenvalue weighted by Gasteiger charge is 2.10. The van der Waals surface area contributed by atoms with Crippen molar-refractivity contribution < 1.29 is 0 Å². The van der Waals surface area contributed by atoms with Gasteiger partial charge in [-0.1, -0.05) is 53.0 Å². The molecular weight excluding hydrogens is 156 g/mol. The van der Waals surface area contributed by atoms with E-state index in [0.29, 0.717) is 11.8 Å². The average molecular weight is 178 g/mol. The van der Waals surface area contributed by atoms with Crippen molar-refractivity contribution in [3.8, 4) is 0 Å². The van der Waals surface area contributed by atoms with Crippen LogP contribution in [0.1, 0.15) is 34.1 Å². The third kappa shape index (κ3) is 3.22. The van der Waals surface area contributed by atoms with Crippen LogP contribution >= 0.6 is 0 Å². The van der Waals surface area contributed by atoms with Gasteiger partial charge in [-0.2, -0.15) is 0 Å². The Bertz CT molecular complexity index is 206. The second-order valence-corrected chi connectivity index (χ2v) is 3.78. The maximum Gasteiger partial charge on any atom is -0.0190 e. The minimum absolute atomic E-state index is 0.541. The highest BCUT2D eigenvalue weighted by atomic mass is 14.1. The first-order valence-electron chi connectivity index (χ1n) is 5.07. The molecule has 0 saturated heterocycles. The molecular formula is C13H22. The van der Waals surface area contributed by atoms with Gasteiger partial charge < -0.3 is 0 Å². The molecule has 0 radical (unpaired) electrons. The molecule has 0 saturated carbocycles. The predicted octanol–water partition coefficient (Wildman–Crippen LogP) is 4.36. The van der Waals surface area contributed by atoms with E-state index in [1.165, 1.54) is 11.1 Å². The van der Waals surface area contributed by atoms with Crippen LogP contribution in [0.4, 0.5) is 0 Å². The fourth-order valence-electron chi connectivity index (χ4n) is 1.51. The summed E-state index contributed by atoms with van der Waals surface area (Å²) in [5.74, 6) is 1.13. The molecule has 13 heavy (non-hydrogen) atoms. The van der Waals surface area contributed by atoms with Crippen LogP contribution in [-0.2, 0) is 0 Å². The molecule has 0 heteroatoms. The number of hydrogen-bond donors (Lipinski definition) is 0. The Labute approximate surface area is 83.0 Å². The molecule has 0 aliphatic carbocycles. The quantitative estimate of drug-likeness (QED) is 0.549. The smallest absolute Gasteiger partial charge is 0.0190 e. The maximum absolute atomic E-state index is 3.88. The van der Waals surface area contributed by atoms with Crippen LogP contribution in [0.2, 0.25) is 0 Å². The van der Waals surface area contributed by atoms with Crippen LogP contribution < -0.4 is 0 Å². The summed E-state index contributed by atoms with van der Waals surface area (Å²) in [7, 11) is 0. The fraction of sp³-hybridized carbons (Fsp3) is 0.538. The van der Waals surface area contributed by atoms with Crippen molar-refractivity contribution in [1.82, 2.24) is 0 Å². The third-order valence-electron chi connectivity index (χ3n) is 2.54. The first-order chi connectivity index (χ1) is 6.08. The zero-order chi connectivity index (χ0) is 10.4. The standard InChI is InChI=1S/C13H22/c1-7-11(6)13(9-3)12(8-2)10(4)5/h8-11H,2-3,7H2,1,4-6H3/b13-12-. The van der Waals surface area contributed by atoms with Gasteiger partial charge in [-0.05, 0) is 29.4 Å². The molecule has 74 valence electrons. The molecule has 1 atom stereocenters. The van der Waals surface area contributed by atoms with Crippen molar-refractivity contribution in [3.05, 3.63) is 36.5 Å². The molecule has 0 aromatic heterocycles. The Morgan fingerprint density at radius 2 is 1.54 bits per heavy atom. The highest BCUT2D eigenvalue weighted by Crippen LogP contribution is 2.24. The topological polar surface area (TPSA) is 0 Å². The molecule has 0 aliphatic rings. The molecule has 0 aliphatic heterocycles. The van der Waals surface area contributed by atoms with E-state index < -0.39 is 0 Å².